The Hall–Kier alpha value is -2.87. The molecule has 9 nitrogen and oxygen atoms in total. The minimum Gasteiger partial charge on any atom is -0.352 e. The van der Waals surface area contributed by atoms with Crippen molar-refractivity contribution in [1.82, 2.24) is 20.9 Å². The van der Waals surface area contributed by atoms with E-state index in [2.05, 4.69) is 20.9 Å². The topological polar surface area (TPSA) is 141 Å². The minimum absolute atomic E-state index is 0.108. The van der Waals surface area contributed by atoms with Gasteiger partial charge in [0.15, 0.2) is 7.85 Å². The van der Waals surface area contributed by atoms with E-state index in [9.17, 15) is 19.2 Å². The largest absolute Gasteiger partial charge is 0.352 e. The molecule has 0 spiro atoms. The molecule has 0 bridgehead atoms. The van der Waals surface area contributed by atoms with Crippen LogP contribution in [0.25, 0.3) is 0 Å². The van der Waals surface area contributed by atoms with Gasteiger partial charge in [0.05, 0.1) is 29.9 Å². The number of nitriles is 1. The number of amides is 3. The molecule has 0 unspecified atom stereocenters. The van der Waals surface area contributed by atoms with Crippen LogP contribution in [0.5, 0.6) is 0 Å². The predicted molar refractivity (Wildman–Crippen MR) is 99.1 cm³/mol. The van der Waals surface area contributed by atoms with E-state index in [1.54, 1.807) is 6.26 Å². The van der Waals surface area contributed by atoms with Gasteiger partial charge in [0.2, 0.25) is 11.8 Å². The van der Waals surface area contributed by atoms with E-state index < -0.39 is 17.5 Å². The normalized spacial score (nSPS) is 9.78. The predicted octanol–water partition coefficient (Wildman–Crippen LogP) is -0.887. The molecule has 0 saturated heterocycles. The fraction of sp³-hybridized carbons (Fsp3) is 0.375. The summed E-state index contributed by atoms with van der Waals surface area (Å²) in [7, 11) is 4.88. The molecular formula is C16H18BN5O4S. The first-order chi connectivity index (χ1) is 12.9. The maximum Gasteiger partial charge on any atom is 0.252 e. The van der Waals surface area contributed by atoms with Gasteiger partial charge < -0.3 is 20.7 Å². The van der Waals surface area contributed by atoms with Crippen molar-refractivity contribution in [3.8, 4) is 6.07 Å². The van der Waals surface area contributed by atoms with Gasteiger partial charge in [-0.25, -0.2) is 4.98 Å². The molecule has 1 rings (SSSR count). The lowest BCUT2D eigenvalue weighted by Gasteiger charge is -2.07. The number of carbonyl (C=O) groups excluding carboxylic acids is 4. The molecule has 11 heteroatoms. The highest BCUT2D eigenvalue weighted by atomic mass is 32.2. The molecule has 1 aromatic heterocycles. The number of hydrogen-bond donors (Lipinski definition) is 3. The third kappa shape index (κ3) is 8.37. The van der Waals surface area contributed by atoms with E-state index in [1.165, 1.54) is 24.0 Å². The van der Waals surface area contributed by atoms with Crippen LogP contribution in [0.1, 0.15) is 28.8 Å². The van der Waals surface area contributed by atoms with Crippen LogP contribution < -0.4 is 16.0 Å². The Morgan fingerprint density at radius 1 is 1.19 bits per heavy atom. The van der Waals surface area contributed by atoms with Crippen LogP contribution in [0.15, 0.2) is 17.3 Å². The lowest BCUT2D eigenvalue weighted by molar-refractivity contribution is -0.126. The molecule has 0 aliphatic heterocycles. The Morgan fingerprint density at radius 3 is 2.52 bits per heavy atom. The molecule has 0 saturated carbocycles. The van der Waals surface area contributed by atoms with E-state index in [-0.39, 0.29) is 37.5 Å². The van der Waals surface area contributed by atoms with Crippen LogP contribution in [0, 0.1) is 11.3 Å². The third-order valence-electron chi connectivity index (χ3n) is 3.20. The van der Waals surface area contributed by atoms with E-state index in [0.29, 0.717) is 17.0 Å². The average molecular weight is 387 g/mol. The zero-order valence-corrected chi connectivity index (χ0v) is 15.5. The van der Waals surface area contributed by atoms with Crippen molar-refractivity contribution in [2.24, 2.45) is 0 Å². The van der Waals surface area contributed by atoms with Crippen LogP contribution in [0.2, 0.25) is 0 Å². The number of aromatic nitrogens is 1. The number of nitrogens with one attached hydrogen (secondary N) is 3. The van der Waals surface area contributed by atoms with Gasteiger partial charge in [-0.15, -0.1) is 11.8 Å². The van der Waals surface area contributed by atoms with Gasteiger partial charge in [0.25, 0.3) is 5.91 Å². The second kappa shape index (κ2) is 11.7. The SMILES string of the molecule is [B]C(=O)CNC(=O)CNC(=O)CCCNC(=O)c1cnc(SC)c(C#N)c1. The maximum atomic E-state index is 12.0. The Kier molecular flexibility index (Phi) is 9.60. The molecule has 0 aliphatic carbocycles. The highest BCUT2D eigenvalue weighted by Crippen LogP contribution is 2.17. The Bertz CT molecular complexity index is 766. The lowest BCUT2D eigenvalue weighted by atomic mass is 10.0. The molecule has 140 valence electrons. The Labute approximate surface area is 162 Å². The van der Waals surface area contributed by atoms with Gasteiger partial charge in [0, 0.05) is 19.2 Å². The number of rotatable bonds is 10. The molecule has 3 amide bonds. The average Bonchev–Trinajstić information content (AvgIpc) is 2.67. The summed E-state index contributed by atoms with van der Waals surface area (Å²) in [6.07, 6.45) is 3.65. The van der Waals surface area contributed by atoms with E-state index in [4.69, 9.17) is 13.1 Å². The van der Waals surface area contributed by atoms with Crippen molar-refractivity contribution in [3.05, 3.63) is 23.4 Å². The first-order valence-electron chi connectivity index (χ1n) is 7.91. The van der Waals surface area contributed by atoms with Gasteiger partial charge in [-0.05, 0) is 18.7 Å². The molecule has 1 heterocycles. The molecule has 3 N–H and O–H groups in total. The summed E-state index contributed by atoms with van der Waals surface area (Å²) in [6.45, 7) is -0.309. The molecule has 0 aliphatic rings. The number of thioether (sulfide) groups is 1. The van der Waals surface area contributed by atoms with Crippen LogP contribution in [0.4, 0.5) is 0 Å². The standard InChI is InChI=1S/C16H18BN5O4S/c1-27-16-10(6-18)5-11(7-22-16)15(26)19-4-2-3-13(24)21-9-14(25)20-8-12(17)23/h5,7H,2-4,8-9H2,1H3,(H,19,26)(H,20,25)(H,21,24). The summed E-state index contributed by atoms with van der Waals surface area (Å²) in [5.41, 5.74) is -0.0883. The van der Waals surface area contributed by atoms with Gasteiger partial charge >= 0.3 is 0 Å². The summed E-state index contributed by atoms with van der Waals surface area (Å²) < 4.78 is 0. The zero-order valence-electron chi connectivity index (χ0n) is 14.7. The molecule has 2 radical (unpaired) electrons. The highest BCUT2D eigenvalue weighted by molar-refractivity contribution is 7.98. The fourth-order valence-corrected chi connectivity index (χ4v) is 2.37. The summed E-state index contributed by atoms with van der Waals surface area (Å²) in [5, 5.41) is 16.9. The van der Waals surface area contributed by atoms with Gasteiger partial charge in [-0.2, -0.15) is 5.26 Å². The number of hydrogen-bond acceptors (Lipinski definition) is 7. The lowest BCUT2D eigenvalue weighted by Crippen LogP contribution is -2.39. The van der Waals surface area contributed by atoms with Crippen LogP contribution in [-0.2, 0) is 14.4 Å². The van der Waals surface area contributed by atoms with Crippen molar-refractivity contribution in [2.75, 3.05) is 25.9 Å². The van der Waals surface area contributed by atoms with E-state index >= 15 is 0 Å². The minimum atomic E-state index is -0.675. The van der Waals surface area contributed by atoms with Crippen molar-refractivity contribution in [3.63, 3.8) is 0 Å². The second-order valence-electron chi connectivity index (χ2n) is 5.27. The quantitative estimate of drug-likeness (QED) is 0.269. The smallest absolute Gasteiger partial charge is 0.252 e. The molecule has 0 aromatic carbocycles. The van der Waals surface area contributed by atoms with Crippen molar-refractivity contribution >= 4 is 43.0 Å². The fourth-order valence-electron chi connectivity index (χ4n) is 1.89. The zero-order chi connectivity index (χ0) is 20.2. The first-order valence-corrected chi connectivity index (χ1v) is 9.14. The first kappa shape index (κ1) is 22.2. The van der Waals surface area contributed by atoms with Crippen LogP contribution in [0.3, 0.4) is 0 Å². The maximum absolute atomic E-state index is 12.0. The molecular weight excluding hydrogens is 369 g/mol. The van der Waals surface area contributed by atoms with Crippen molar-refractivity contribution < 1.29 is 19.2 Å². The van der Waals surface area contributed by atoms with Crippen LogP contribution in [-0.4, -0.2) is 62.1 Å². The monoisotopic (exact) mass is 387 g/mol. The van der Waals surface area contributed by atoms with Gasteiger partial charge in [0.1, 0.15) is 11.1 Å². The molecule has 27 heavy (non-hydrogen) atoms. The summed E-state index contributed by atoms with van der Waals surface area (Å²) in [4.78, 5) is 49.5. The second-order valence-corrected chi connectivity index (χ2v) is 6.07. The van der Waals surface area contributed by atoms with Gasteiger partial charge in [-0.1, -0.05) is 0 Å². The van der Waals surface area contributed by atoms with Gasteiger partial charge in [-0.3, -0.25) is 14.4 Å². The summed E-state index contributed by atoms with van der Waals surface area (Å²) >= 11 is 1.31. The summed E-state index contributed by atoms with van der Waals surface area (Å²) in [5.74, 6) is -1.28. The van der Waals surface area contributed by atoms with Crippen LogP contribution >= 0.6 is 11.8 Å². The number of pyridine rings is 1. The van der Waals surface area contributed by atoms with Crippen molar-refractivity contribution in [1.29, 1.82) is 5.26 Å². The highest BCUT2D eigenvalue weighted by Gasteiger charge is 2.11. The molecule has 0 atom stereocenters. The van der Waals surface area contributed by atoms with Crippen molar-refractivity contribution in [2.45, 2.75) is 17.9 Å². The molecule has 1 aromatic rings. The summed E-state index contributed by atoms with van der Waals surface area (Å²) in [6, 6.07) is 3.45. The van der Waals surface area contributed by atoms with E-state index in [0.717, 1.165) is 0 Å². The Balaban J connectivity index is 2.30. The number of nitrogens with zero attached hydrogens (tertiary/aromatic N) is 2. The Morgan fingerprint density at radius 2 is 1.89 bits per heavy atom. The molecule has 0 fully saturated rings. The number of carbonyl (C=O) groups is 4. The van der Waals surface area contributed by atoms with E-state index in [1.807, 2.05) is 6.07 Å². The third-order valence-corrected chi connectivity index (χ3v) is 3.91.